The predicted molar refractivity (Wildman–Crippen MR) is 52.7 cm³/mol. The van der Waals surface area contributed by atoms with Crippen molar-refractivity contribution in [3.63, 3.8) is 0 Å². The van der Waals surface area contributed by atoms with E-state index in [-0.39, 0.29) is 5.75 Å². The second kappa shape index (κ2) is 5.25. The van der Waals surface area contributed by atoms with Crippen LogP contribution in [0.1, 0.15) is 10.9 Å². The van der Waals surface area contributed by atoms with Crippen molar-refractivity contribution in [3.8, 4) is 6.07 Å². The molecule has 0 bridgehead atoms. The summed E-state index contributed by atoms with van der Waals surface area (Å²) < 4.78 is 0. The highest BCUT2D eigenvalue weighted by Crippen LogP contribution is 2.25. The van der Waals surface area contributed by atoms with Gasteiger partial charge < -0.3 is 5.11 Å². The Morgan fingerprint density at radius 3 is 3.00 bits per heavy atom. The molecule has 1 heterocycles. The molecule has 14 heavy (non-hydrogen) atoms. The van der Waals surface area contributed by atoms with Crippen LogP contribution in [0.3, 0.4) is 0 Å². The van der Waals surface area contributed by atoms with Crippen LogP contribution in [-0.2, 0) is 4.79 Å². The molecule has 5 heteroatoms. The largest absolute Gasteiger partial charge is 0.481 e. The first-order valence-corrected chi connectivity index (χ1v) is 4.93. The quantitative estimate of drug-likeness (QED) is 0.810. The summed E-state index contributed by atoms with van der Waals surface area (Å²) in [5.74, 6) is -1.01. The SMILES string of the molecule is N#CC(SCC(=O)O)c1ccccn1. The third-order valence-electron chi connectivity index (χ3n) is 1.45. The van der Waals surface area contributed by atoms with E-state index in [0.717, 1.165) is 11.8 Å². The van der Waals surface area contributed by atoms with Gasteiger partial charge in [0.25, 0.3) is 0 Å². The first-order chi connectivity index (χ1) is 6.74. The topological polar surface area (TPSA) is 74.0 Å². The lowest BCUT2D eigenvalue weighted by atomic mass is 10.3. The summed E-state index contributed by atoms with van der Waals surface area (Å²) in [4.78, 5) is 14.3. The average molecular weight is 208 g/mol. The molecule has 1 aromatic rings. The number of carboxylic acid groups (broad SMARTS) is 1. The molecule has 0 aliphatic carbocycles. The van der Waals surface area contributed by atoms with Gasteiger partial charge in [0.1, 0.15) is 5.25 Å². The van der Waals surface area contributed by atoms with Crippen molar-refractivity contribution in [3.05, 3.63) is 30.1 Å². The molecule has 0 saturated heterocycles. The van der Waals surface area contributed by atoms with Gasteiger partial charge in [-0.15, -0.1) is 11.8 Å². The molecule has 4 nitrogen and oxygen atoms in total. The van der Waals surface area contributed by atoms with Gasteiger partial charge in [-0.2, -0.15) is 5.26 Å². The van der Waals surface area contributed by atoms with Crippen LogP contribution >= 0.6 is 11.8 Å². The molecular weight excluding hydrogens is 200 g/mol. The van der Waals surface area contributed by atoms with Crippen molar-refractivity contribution in [1.82, 2.24) is 4.98 Å². The van der Waals surface area contributed by atoms with Gasteiger partial charge in [-0.25, -0.2) is 0 Å². The number of hydrogen-bond donors (Lipinski definition) is 1. The van der Waals surface area contributed by atoms with Crippen LogP contribution in [0.25, 0.3) is 0 Å². The minimum absolute atomic E-state index is 0.0885. The summed E-state index contributed by atoms with van der Waals surface area (Å²) in [6.07, 6.45) is 1.58. The molecular formula is C9H8N2O2S. The van der Waals surface area contributed by atoms with Crippen LogP contribution in [0.4, 0.5) is 0 Å². The lowest BCUT2D eigenvalue weighted by Gasteiger charge is -2.05. The fourth-order valence-electron chi connectivity index (χ4n) is 0.874. The van der Waals surface area contributed by atoms with E-state index in [9.17, 15) is 4.79 Å². The Balaban J connectivity index is 2.65. The second-order valence-corrected chi connectivity index (χ2v) is 3.56. The number of nitrogens with zero attached hydrogens (tertiary/aromatic N) is 2. The van der Waals surface area contributed by atoms with Gasteiger partial charge >= 0.3 is 5.97 Å². The first kappa shape index (κ1) is 10.5. The molecule has 1 unspecified atom stereocenters. The Hall–Kier alpha value is -1.54. The molecule has 1 N–H and O–H groups in total. The van der Waals surface area contributed by atoms with Gasteiger partial charge in [-0.1, -0.05) is 6.07 Å². The van der Waals surface area contributed by atoms with Crippen LogP contribution in [0.2, 0.25) is 0 Å². The lowest BCUT2D eigenvalue weighted by molar-refractivity contribution is -0.133. The zero-order chi connectivity index (χ0) is 10.4. The number of nitriles is 1. The maximum atomic E-state index is 10.3. The summed E-state index contributed by atoms with van der Waals surface area (Å²) in [7, 11) is 0. The normalized spacial score (nSPS) is 11.6. The second-order valence-electron chi connectivity index (χ2n) is 2.47. The van der Waals surface area contributed by atoms with Crippen LogP contribution in [0.5, 0.6) is 0 Å². The van der Waals surface area contributed by atoms with E-state index in [4.69, 9.17) is 10.4 Å². The van der Waals surface area contributed by atoms with Crippen molar-refractivity contribution >= 4 is 17.7 Å². The van der Waals surface area contributed by atoms with Crippen molar-refractivity contribution in [1.29, 1.82) is 5.26 Å². The minimum atomic E-state index is -0.925. The van der Waals surface area contributed by atoms with E-state index in [1.807, 2.05) is 6.07 Å². The molecule has 0 saturated carbocycles. The number of hydrogen-bond acceptors (Lipinski definition) is 4. The molecule has 0 aliphatic heterocycles. The Labute approximate surface area is 85.6 Å². The third-order valence-corrected chi connectivity index (χ3v) is 2.54. The lowest BCUT2D eigenvalue weighted by Crippen LogP contribution is -2.02. The van der Waals surface area contributed by atoms with Gasteiger partial charge in [0.2, 0.25) is 0 Å². The Bertz CT molecular complexity index is 348. The summed E-state index contributed by atoms with van der Waals surface area (Å²) in [6.45, 7) is 0. The number of aliphatic carboxylic acids is 1. The van der Waals surface area contributed by atoms with Crippen LogP contribution < -0.4 is 0 Å². The molecule has 0 aromatic carbocycles. The van der Waals surface area contributed by atoms with Gasteiger partial charge in [0, 0.05) is 6.20 Å². The van der Waals surface area contributed by atoms with Gasteiger partial charge in [-0.05, 0) is 12.1 Å². The van der Waals surface area contributed by atoms with Crippen molar-refractivity contribution < 1.29 is 9.90 Å². The number of pyridine rings is 1. The number of rotatable bonds is 4. The standard InChI is InChI=1S/C9H8N2O2S/c10-5-8(14-6-9(12)13)7-3-1-2-4-11-7/h1-4,8H,6H2,(H,12,13). The zero-order valence-electron chi connectivity index (χ0n) is 7.25. The van der Waals surface area contributed by atoms with Crippen LogP contribution in [-0.4, -0.2) is 21.8 Å². The van der Waals surface area contributed by atoms with Gasteiger partial charge in [-0.3, -0.25) is 9.78 Å². The molecule has 0 fully saturated rings. The number of aromatic nitrogens is 1. The molecule has 0 spiro atoms. The summed E-state index contributed by atoms with van der Waals surface area (Å²) >= 11 is 1.06. The highest BCUT2D eigenvalue weighted by atomic mass is 32.2. The fourth-order valence-corrected chi connectivity index (χ4v) is 1.57. The minimum Gasteiger partial charge on any atom is -0.481 e. The third kappa shape index (κ3) is 3.07. The summed E-state index contributed by atoms with van der Waals surface area (Å²) in [5.41, 5.74) is 0.598. The fraction of sp³-hybridized carbons (Fsp3) is 0.222. The van der Waals surface area contributed by atoms with Crippen molar-refractivity contribution in [2.45, 2.75) is 5.25 Å². The highest BCUT2D eigenvalue weighted by molar-refractivity contribution is 8.00. The Kier molecular flexibility index (Phi) is 3.95. The Morgan fingerprint density at radius 1 is 1.71 bits per heavy atom. The molecule has 72 valence electrons. The van der Waals surface area contributed by atoms with E-state index in [1.54, 1.807) is 24.4 Å². The molecule has 0 radical (unpaired) electrons. The van der Waals surface area contributed by atoms with E-state index >= 15 is 0 Å². The summed E-state index contributed by atoms with van der Waals surface area (Å²) in [5, 5.41) is 16.7. The van der Waals surface area contributed by atoms with Gasteiger partial charge in [0.15, 0.2) is 0 Å². The Morgan fingerprint density at radius 2 is 2.50 bits per heavy atom. The molecule has 1 rings (SSSR count). The molecule has 1 aromatic heterocycles. The zero-order valence-corrected chi connectivity index (χ0v) is 8.07. The first-order valence-electron chi connectivity index (χ1n) is 3.88. The molecule has 0 aliphatic rings. The smallest absolute Gasteiger partial charge is 0.313 e. The predicted octanol–water partition coefficient (Wildman–Crippen LogP) is 1.46. The number of carbonyl (C=O) groups is 1. The summed E-state index contributed by atoms with van der Waals surface area (Å²) in [6, 6.07) is 7.24. The number of carboxylic acids is 1. The van der Waals surface area contributed by atoms with E-state index in [1.165, 1.54) is 0 Å². The van der Waals surface area contributed by atoms with Crippen LogP contribution in [0, 0.1) is 11.3 Å². The van der Waals surface area contributed by atoms with E-state index in [0.29, 0.717) is 5.69 Å². The van der Waals surface area contributed by atoms with Crippen molar-refractivity contribution in [2.75, 3.05) is 5.75 Å². The number of thioether (sulfide) groups is 1. The highest BCUT2D eigenvalue weighted by Gasteiger charge is 2.13. The van der Waals surface area contributed by atoms with E-state index < -0.39 is 11.2 Å². The maximum absolute atomic E-state index is 10.3. The maximum Gasteiger partial charge on any atom is 0.313 e. The molecule has 0 amide bonds. The van der Waals surface area contributed by atoms with E-state index in [2.05, 4.69) is 4.98 Å². The average Bonchev–Trinajstić information content (AvgIpc) is 2.20. The van der Waals surface area contributed by atoms with Crippen molar-refractivity contribution in [2.24, 2.45) is 0 Å². The molecule has 1 atom stereocenters. The van der Waals surface area contributed by atoms with Crippen LogP contribution in [0.15, 0.2) is 24.4 Å². The van der Waals surface area contributed by atoms with Gasteiger partial charge in [0.05, 0.1) is 17.5 Å². The monoisotopic (exact) mass is 208 g/mol.